The fraction of sp³-hybridized carbons (Fsp3) is 0.188. The summed E-state index contributed by atoms with van der Waals surface area (Å²) in [4.78, 5) is 11.8. The molecule has 0 unspecified atom stereocenters. The Kier molecular flexibility index (Phi) is 5.55. The molecule has 110 valence electrons. The van der Waals surface area contributed by atoms with Gasteiger partial charge in [0, 0.05) is 3.57 Å². The van der Waals surface area contributed by atoms with Crippen molar-refractivity contribution < 1.29 is 13.9 Å². The van der Waals surface area contributed by atoms with Gasteiger partial charge in [-0.25, -0.2) is 4.39 Å². The molecule has 0 aliphatic rings. The van der Waals surface area contributed by atoms with Gasteiger partial charge in [0.05, 0.1) is 6.04 Å². The SMILES string of the molecule is C[C@@H](NC(=O)COc1ccc(I)cc1)c1ccc(F)cc1. The number of carbonyl (C=O) groups is 1. The molecule has 0 saturated heterocycles. The Morgan fingerprint density at radius 2 is 1.81 bits per heavy atom. The van der Waals surface area contributed by atoms with Crippen LogP contribution in [-0.4, -0.2) is 12.5 Å². The van der Waals surface area contributed by atoms with Crippen LogP contribution in [0.25, 0.3) is 0 Å². The van der Waals surface area contributed by atoms with Gasteiger partial charge in [0.25, 0.3) is 5.91 Å². The molecule has 3 nitrogen and oxygen atoms in total. The molecular weight excluding hydrogens is 384 g/mol. The normalized spacial score (nSPS) is 11.8. The Hall–Kier alpha value is -1.63. The quantitative estimate of drug-likeness (QED) is 0.780. The van der Waals surface area contributed by atoms with Crippen LogP contribution in [0.1, 0.15) is 18.5 Å². The molecule has 0 fully saturated rings. The predicted octanol–water partition coefficient (Wildman–Crippen LogP) is 3.69. The number of rotatable bonds is 5. The van der Waals surface area contributed by atoms with Crippen molar-refractivity contribution in [3.8, 4) is 5.75 Å². The summed E-state index contributed by atoms with van der Waals surface area (Å²) >= 11 is 2.20. The first-order valence-corrected chi connectivity index (χ1v) is 7.55. The van der Waals surface area contributed by atoms with Gasteiger partial charge in [-0.3, -0.25) is 4.79 Å². The van der Waals surface area contributed by atoms with Crippen LogP contribution in [0, 0.1) is 9.39 Å². The standard InChI is InChI=1S/C16H15FINO2/c1-11(12-2-4-13(17)5-3-12)19-16(20)10-21-15-8-6-14(18)7-9-15/h2-9,11H,10H2,1H3,(H,19,20)/t11-/m1/s1. The smallest absolute Gasteiger partial charge is 0.258 e. The van der Waals surface area contributed by atoms with Crippen molar-refractivity contribution >= 4 is 28.5 Å². The van der Waals surface area contributed by atoms with E-state index >= 15 is 0 Å². The maximum atomic E-state index is 12.8. The van der Waals surface area contributed by atoms with E-state index < -0.39 is 0 Å². The van der Waals surface area contributed by atoms with E-state index in [1.807, 2.05) is 31.2 Å². The maximum Gasteiger partial charge on any atom is 0.258 e. The van der Waals surface area contributed by atoms with Crippen molar-refractivity contribution in [2.75, 3.05) is 6.61 Å². The molecule has 0 bridgehead atoms. The van der Waals surface area contributed by atoms with Crippen LogP contribution in [0.5, 0.6) is 5.75 Å². The Bertz CT molecular complexity index is 599. The molecule has 1 amide bonds. The molecule has 0 saturated carbocycles. The van der Waals surface area contributed by atoms with Gasteiger partial charge in [-0.2, -0.15) is 0 Å². The molecule has 0 aliphatic heterocycles. The first kappa shape index (κ1) is 15.8. The van der Waals surface area contributed by atoms with Gasteiger partial charge in [0.15, 0.2) is 6.61 Å². The number of amides is 1. The predicted molar refractivity (Wildman–Crippen MR) is 87.6 cm³/mol. The summed E-state index contributed by atoms with van der Waals surface area (Å²) < 4.78 is 19.4. The van der Waals surface area contributed by atoms with Gasteiger partial charge in [-0.15, -0.1) is 0 Å². The summed E-state index contributed by atoms with van der Waals surface area (Å²) in [5.41, 5.74) is 0.846. The molecule has 0 heterocycles. The molecule has 0 aromatic heterocycles. The lowest BCUT2D eigenvalue weighted by molar-refractivity contribution is -0.123. The highest BCUT2D eigenvalue weighted by molar-refractivity contribution is 14.1. The van der Waals surface area contributed by atoms with Crippen molar-refractivity contribution in [3.63, 3.8) is 0 Å². The van der Waals surface area contributed by atoms with Crippen LogP contribution in [0.15, 0.2) is 48.5 Å². The zero-order chi connectivity index (χ0) is 15.2. The van der Waals surface area contributed by atoms with E-state index in [1.54, 1.807) is 12.1 Å². The molecule has 1 N–H and O–H groups in total. The number of benzene rings is 2. The molecule has 2 aromatic rings. The number of ether oxygens (including phenoxy) is 1. The third kappa shape index (κ3) is 5.00. The zero-order valence-electron chi connectivity index (χ0n) is 11.5. The minimum Gasteiger partial charge on any atom is -0.484 e. The van der Waals surface area contributed by atoms with Gasteiger partial charge in [-0.05, 0) is 71.5 Å². The van der Waals surface area contributed by atoms with Crippen LogP contribution in [0.2, 0.25) is 0 Å². The highest BCUT2D eigenvalue weighted by Gasteiger charge is 2.10. The Morgan fingerprint density at radius 1 is 1.19 bits per heavy atom. The fourth-order valence-corrected chi connectivity index (χ4v) is 2.16. The molecule has 5 heteroatoms. The topological polar surface area (TPSA) is 38.3 Å². The van der Waals surface area contributed by atoms with Crippen molar-refractivity contribution in [1.82, 2.24) is 5.32 Å². The number of nitrogens with one attached hydrogen (secondary N) is 1. The van der Waals surface area contributed by atoms with E-state index in [0.29, 0.717) is 5.75 Å². The molecular formula is C16H15FINO2. The summed E-state index contributed by atoms with van der Waals surface area (Å²) in [6, 6.07) is 13.3. The molecule has 2 aromatic carbocycles. The minimum atomic E-state index is -0.292. The second kappa shape index (κ2) is 7.40. The van der Waals surface area contributed by atoms with Gasteiger partial charge in [-0.1, -0.05) is 12.1 Å². The second-order valence-electron chi connectivity index (χ2n) is 4.58. The summed E-state index contributed by atoms with van der Waals surface area (Å²) in [5, 5.41) is 2.81. The molecule has 0 spiro atoms. The molecule has 2 rings (SSSR count). The number of hydrogen-bond donors (Lipinski definition) is 1. The van der Waals surface area contributed by atoms with Crippen molar-refractivity contribution in [3.05, 3.63) is 63.5 Å². The van der Waals surface area contributed by atoms with E-state index in [2.05, 4.69) is 27.9 Å². The van der Waals surface area contributed by atoms with Crippen molar-refractivity contribution in [2.45, 2.75) is 13.0 Å². The van der Waals surface area contributed by atoms with Gasteiger partial charge in [0.2, 0.25) is 0 Å². The summed E-state index contributed by atoms with van der Waals surface area (Å²) in [6.45, 7) is 1.79. The third-order valence-electron chi connectivity index (χ3n) is 2.93. The molecule has 0 aliphatic carbocycles. The Morgan fingerprint density at radius 3 is 2.43 bits per heavy atom. The molecule has 21 heavy (non-hydrogen) atoms. The zero-order valence-corrected chi connectivity index (χ0v) is 13.6. The lowest BCUT2D eigenvalue weighted by Gasteiger charge is -2.14. The fourth-order valence-electron chi connectivity index (χ4n) is 1.80. The second-order valence-corrected chi connectivity index (χ2v) is 5.83. The number of halogens is 2. The third-order valence-corrected chi connectivity index (χ3v) is 3.65. The summed E-state index contributed by atoms with van der Waals surface area (Å²) in [5.74, 6) is 0.143. The van der Waals surface area contributed by atoms with Crippen LogP contribution in [0.3, 0.4) is 0 Å². The average Bonchev–Trinajstić information content (AvgIpc) is 2.47. The summed E-state index contributed by atoms with van der Waals surface area (Å²) in [6.07, 6.45) is 0. The Balaban J connectivity index is 1.83. The van der Waals surface area contributed by atoms with Crippen molar-refractivity contribution in [2.24, 2.45) is 0 Å². The first-order valence-electron chi connectivity index (χ1n) is 6.48. The van der Waals surface area contributed by atoms with Crippen molar-refractivity contribution in [1.29, 1.82) is 0 Å². The van der Waals surface area contributed by atoms with E-state index in [9.17, 15) is 9.18 Å². The number of hydrogen-bond acceptors (Lipinski definition) is 2. The highest BCUT2D eigenvalue weighted by atomic mass is 127. The van der Waals surface area contributed by atoms with E-state index in [4.69, 9.17) is 4.74 Å². The van der Waals surface area contributed by atoms with E-state index in [1.165, 1.54) is 12.1 Å². The van der Waals surface area contributed by atoms with Gasteiger partial charge in [0.1, 0.15) is 11.6 Å². The highest BCUT2D eigenvalue weighted by Crippen LogP contribution is 2.14. The lowest BCUT2D eigenvalue weighted by Crippen LogP contribution is -2.31. The first-order chi connectivity index (χ1) is 10.0. The number of carbonyl (C=O) groups excluding carboxylic acids is 1. The molecule has 0 radical (unpaired) electrons. The minimum absolute atomic E-state index is 0.0495. The Labute approximate surface area is 136 Å². The van der Waals surface area contributed by atoms with E-state index in [0.717, 1.165) is 9.13 Å². The monoisotopic (exact) mass is 399 g/mol. The lowest BCUT2D eigenvalue weighted by atomic mass is 10.1. The van der Waals surface area contributed by atoms with Gasteiger partial charge < -0.3 is 10.1 Å². The van der Waals surface area contributed by atoms with Crippen LogP contribution >= 0.6 is 22.6 Å². The summed E-state index contributed by atoms with van der Waals surface area (Å²) in [7, 11) is 0. The average molecular weight is 399 g/mol. The van der Waals surface area contributed by atoms with Gasteiger partial charge >= 0.3 is 0 Å². The van der Waals surface area contributed by atoms with Crippen LogP contribution < -0.4 is 10.1 Å². The van der Waals surface area contributed by atoms with Crippen LogP contribution in [-0.2, 0) is 4.79 Å². The van der Waals surface area contributed by atoms with Crippen LogP contribution in [0.4, 0.5) is 4.39 Å². The maximum absolute atomic E-state index is 12.8. The largest absolute Gasteiger partial charge is 0.484 e. The molecule has 1 atom stereocenters. The van der Waals surface area contributed by atoms with E-state index in [-0.39, 0.29) is 24.4 Å².